The smallest absolute Gasteiger partial charge is 0.148 e. The van der Waals surface area contributed by atoms with Gasteiger partial charge in [-0.15, -0.1) is 6.42 Å². The number of benzene rings is 1. The van der Waals surface area contributed by atoms with Crippen molar-refractivity contribution in [3.05, 3.63) is 29.3 Å². The first-order chi connectivity index (χ1) is 8.36. The summed E-state index contributed by atoms with van der Waals surface area (Å²) in [4.78, 5) is 0. The van der Waals surface area contributed by atoms with E-state index in [0.29, 0.717) is 12.6 Å². The van der Waals surface area contributed by atoms with Gasteiger partial charge in [-0.2, -0.15) is 0 Å². The summed E-state index contributed by atoms with van der Waals surface area (Å²) in [5.74, 6) is 3.48. The largest absolute Gasteiger partial charge is 0.481 e. The average Bonchev–Trinajstić information content (AvgIpc) is 2.37. The van der Waals surface area contributed by atoms with E-state index in [1.54, 1.807) is 0 Å². The first kappa shape index (κ1) is 12.0. The van der Waals surface area contributed by atoms with Gasteiger partial charge >= 0.3 is 0 Å². The third-order valence-corrected chi connectivity index (χ3v) is 3.23. The Hall–Kier alpha value is -1.46. The van der Waals surface area contributed by atoms with Gasteiger partial charge in [-0.3, -0.25) is 0 Å². The molecule has 0 spiro atoms. The first-order valence-corrected chi connectivity index (χ1v) is 6.28. The Morgan fingerprint density at radius 1 is 1.53 bits per heavy atom. The molecular formula is C15H19NO. The molecule has 17 heavy (non-hydrogen) atoms. The van der Waals surface area contributed by atoms with Gasteiger partial charge in [0.2, 0.25) is 0 Å². The van der Waals surface area contributed by atoms with Crippen molar-refractivity contribution in [2.45, 2.75) is 32.2 Å². The van der Waals surface area contributed by atoms with Gasteiger partial charge in [-0.25, -0.2) is 0 Å². The van der Waals surface area contributed by atoms with E-state index in [2.05, 4.69) is 30.3 Å². The minimum absolute atomic E-state index is 0.350. The summed E-state index contributed by atoms with van der Waals surface area (Å²) in [6, 6.07) is 6.74. The molecule has 1 atom stereocenters. The normalized spacial score (nSPS) is 18.2. The Balaban J connectivity index is 2.27. The topological polar surface area (TPSA) is 21.3 Å². The van der Waals surface area contributed by atoms with Crippen LogP contribution >= 0.6 is 0 Å². The van der Waals surface area contributed by atoms with Crippen LogP contribution in [0.4, 0.5) is 0 Å². The van der Waals surface area contributed by atoms with Crippen LogP contribution in [0.5, 0.6) is 5.75 Å². The summed E-state index contributed by atoms with van der Waals surface area (Å²) >= 11 is 0. The lowest BCUT2D eigenvalue weighted by molar-refractivity contribution is 0.359. The molecule has 1 aliphatic rings. The Bertz CT molecular complexity index is 419. The molecule has 1 aromatic carbocycles. The van der Waals surface area contributed by atoms with Crippen molar-refractivity contribution in [1.82, 2.24) is 5.32 Å². The molecule has 1 aromatic rings. The fraction of sp³-hybridized carbons (Fsp3) is 0.467. The highest BCUT2D eigenvalue weighted by atomic mass is 16.5. The van der Waals surface area contributed by atoms with Crippen LogP contribution in [0.3, 0.4) is 0 Å². The molecule has 0 bridgehead atoms. The van der Waals surface area contributed by atoms with Crippen LogP contribution < -0.4 is 10.1 Å². The van der Waals surface area contributed by atoms with Crippen LogP contribution in [0.1, 0.15) is 36.9 Å². The number of terminal acetylenes is 1. The molecule has 0 radical (unpaired) electrons. The number of hydrogen-bond acceptors (Lipinski definition) is 2. The molecule has 90 valence electrons. The second kappa shape index (κ2) is 5.75. The quantitative estimate of drug-likeness (QED) is 0.801. The lowest BCUT2D eigenvalue weighted by Crippen LogP contribution is -2.25. The first-order valence-electron chi connectivity index (χ1n) is 6.28. The second-order valence-electron chi connectivity index (χ2n) is 4.32. The molecule has 1 unspecified atom stereocenters. The van der Waals surface area contributed by atoms with Crippen molar-refractivity contribution < 1.29 is 4.74 Å². The minimum atomic E-state index is 0.350. The summed E-state index contributed by atoms with van der Waals surface area (Å²) in [7, 11) is 0. The molecule has 0 amide bonds. The minimum Gasteiger partial charge on any atom is -0.481 e. The van der Waals surface area contributed by atoms with E-state index >= 15 is 0 Å². The lowest BCUT2D eigenvalue weighted by Gasteiger charge is -2.27. The summed E-state index contributed by atoms with van der Waals surface area (Å²) in [6.45, 7) is 3.49. The third-order valence-electron chi connectivity index (χ3n) is 3.23. The molecule has 1 N–H and O–H groups in total. The van der Waals surface area contributed by atoms with E-state index < -0.39 is 0 Å². The van der Waals surface area contributed by atoms with Crippen LogP contribution in [-0.4, -0.2) is 13.2 Å². The molecule has 0 saturated carbocycles. The maximum absolute atomic E-state index is 5.62. The lowest BCUT2D eigenvalue weighted by atomic mass is 9.87. The van der Waals surface area contributed by atoms with Gasteiger partial charge in [0.1, 0.15) is 12.4 Å². The van der Waals surface area contributed by atoms with Crippen LogP contribution in [0, 0.1) is 12.3 Å². The predicted octanol–water partition coefficient (Wildman–Crippen LogP) is 2.69. The molecule has 0 saturated heterocycles. The summed E-state index contributed by atoms with van der Waals surface area (Å²) < 4.78 is 5.62. The molecule has 0 aliphatic heterocycles. The highest BCUT2D eigenvalue weighted by molar-refractivity contribution is 5.43. The summed E-state index contributed by atoms with van der Waals surface area (Å²) in [6.07, 6.45) is 8.75. The monoisotopic (exact) mass is 229 g/mol. The Morgan fingerprint density at radius 3 is 3.18 bits per heavy atom. The predicted molar refractivity (Wildman–Crippen MR) is 70.1 cm³/mol. The molecule has 0 aromatic heterocycles. The van der Waals surface area contributed by atoms with Crippen molar-refractivity contribution in [1.29, 1.82) is 0 Å². The second-order valence-corrected chi connectivity index (χ2v) is 4.32. The van der Waals surface area contributed by atoms with Gasteiger partial charge in [0.05, 0.1) is 0 Å². The summed E-state index contributed by atoms with van der Waals surface area (Å²) in [5.41, 5.74) is 2.72. The van der Waals surface area contributed by atoms with Crippen molar-refractivity contribution in [3.8, 4) is 18.1 Å². The zero-order valence-corrected chi connectivity index (χ0v) is 10.3. The maximum atomic E-state index is 5.62. The molecule has 1 aliphatic carbocycles. The van der Waals surface area contributed by atoms with Crippen molar-refractivity contribution in [2.75, 3.05) is 13.2 Å². The fourth-order valence-electron chi connectivity index (χ4n) is 2.53. The molecule has 0 fully saturated rings. The Kier molecular flexibility index (Phi) is 4.06. The van der Waals surface area contributed by atoms with E-state index in [9.17, 15) is 0 Å². The van der Waals surface area contributed by atoms with E-state index in [-0.39, 0.29) is 0 Å². The Morgan fingerprint density at radius 2 is 2.41 bits per heavy atom. The molecule has 2 rings (SSSR count). The highest BCUT2D eigenvalue weighted by Gasteiger charge is 2.21. The zero-order valence-electron chi connectivity index (χ0n) is 10.3. The molecule has 2 nitrogen and oxygen atoms in total. The Labute approximate surface area is 103 Å². The highest BCUT2D eigenvalue weighted by Crippen LogP contribution is 2.35. The zero-order chi connectivity index (χ0) is 12.1. The van der Waals surface area contributed by atoms with Gasteiger partial charge in [-0.05, 0) is 43.0 Å². The van der Waals surface area contributed by atoms with E-state index in [1.165, 1.54) is 24.0 Å². The van der Waals surface area contributed by atoms with Gasteiger partial charge in [-0.1, -0.05) is 25.0 Å². The maximum Gasteiger partial charge on any atom is 0.148 e. The molecular weight excluding hydrogens is 210 g/mol. The van der Waals surface area contributed by atoms with Gasteiger partial charge in [0, 0.05) is 6.04 Å². The number of fused-ring (bicyclic) bond motifs is 1. The number of ether oxygens (including phenoxy) is 1. The molecule has 2 heteroatoms. The number of rotatable bonds is 4. The summed E-state index contributed by atoms with van der Waals surface area (Å²) in [5, 5.41) is 3.53. The van der Waals surface area contributed by atoms with Crippen LogP contribution in [-0.2, 0) is 6.42 Å². The van der Waals surface area contributed by atoms with Gasteiger partial charge < -0.3 is 10.1 Å². The SMILES string of the molecule is C#CCOc1cccc2c1CCCC2NCC. The molecule has 0 heterocycles. The van der Waals surface area contributed by atoms with E-state index in [1.807, 2.05) is 6.07 Å². The van der Waals surface area contributed by atoms with Crippen molar-refractivity contribution in [3.63, 3.8) is 0 Å². The standard InChI is InChI=1S/C15H19NO/c1-3-11-17-15-10-6-7-12-13(15)8-5-9-14(12)16-4-2/h1,6-7,10,14,16H,4-5,8-9,11H2,2H3. The number of hydrogen-bond donors (Lipinski definition) is 1. The number of nitrogens with one attached hydrogen (secondary N) is 1. The van der Waals surface area contributed by atoms with Crippen molar-refractivity contribution >= 4 is 0 Å². The third kappa shape index (κ3) is 2.62. The van der Waals surface area contributed by atoms with E-state index in [4.69, 9.17) is 11.2 Å². The van der Waals surface area contributed by atoms with Crippen molar-refractivity contribution in [2.24, 2.45) is 0 Å². The average molecular weight is 229 g/mol. The van der Waals surface area contributed by atoms with Crippen LogP contribution in [0.25, 0.3) is 0 Å². The van der Waals surface area contributed by atoms with Gasteiger partial charge in [0.25, 0.3) is 0 Å². The van der Waals surface area contributed by atoms with E-state index in [0.717, 1.165) is 18.7 Å². The van der Waals surface area contributed by atoms with Crippen LogP contribution in [0.15, 0.2) is 18.2 Å². The van der Waals surface area contributed by atoms with Gasteiger partial charge in [0.15, 0.2) is 0 Å². The fourth-order valence-corrected chi connectivity index (χ4v) is 2.53. The van der Waals surface area contributed by atoms with Crippen LogP contribution in [0.2, 0.25) is 0 Å².